The van der Waals surface area contributed by atoms with Gasteiger partial charge in [0.2, 0.25) is 0 Å². The maximum Gasteiger partial charge on any atom is 0.161 e. The van der Waals surface area contributed by atoms with Crippen molar-refractivity contribution in [2.75, 3.05) is 41.7 Å². The van der Waals surface area contributed by atoms with Gasteiger partial charge in [0.05, 0.1) is 41.7 Å². The van der Waals surface area contributed by atoms with Gasteiger partial charge in [0, 0.05) is 0 Å². The fourth-order valence-electron chi connectivity index (χ4n) is 14.5. The molecule has 0 spiro atoms. The van der Waals surface area contributed by atoms with Crippen LogP contribution in [0.15, 0.2) is 146 Å². The van der Waals surface area contributed by atoms with Crippen LogP contribution in [-0.2, 0) is 0 Å². The van der Waals surface area contributed by atoms with Gasteiger partial charge in [0.1, 0.15) is 0 Å². The molecule has 6 heteroatoms. The van der Waals surface area contributed by atoms with Gasteiger partial charge < -0.3 is 28.4 Å². The Balaban J connectivity index is 1.01. The third-order valence-electron chi connectivity index (χ3n) is 19.4. The molecule has 0 unspecified atom stereocenters. The second kappa shape index (κ2) is 26.6. The van der Waals surface area contributed by atoms with Gasteiger partial charge in [-0.1, -0.05) is 202 Å². The minimum Gasteiger partial charge on any atom is -0.493 e. The smallest absolute Gasteiger partial charge is 0.161 e. The molecule has 0 amide bonds. The van der Waals surface area contributed by atoms with Crippen LogP contribution >= 0.6 is 0 Å². The molecule has 13 aromatic rings. The lowest BCUT2D eigenvalue weighted by Gasteiger charge is -2.18. The number of ether oxygens (including phenoxy) is 6. The second-order valence-electron chi connectivity index (χ2n) is 25.0. The molecule has 6 nitrogen and oxygen atoms in total. The molecule has 0 atom stereocenters. The molecule has 12 bridgehead atoms. The van der Waals surface area contributed by atoms with Crippen LogP contribution in [0.3, 0.4) is 0 Å². The number of rotatable bonds is 28. The molecular weight excluding hydrogens is 1080 g/mol. The van der Waals surface area contributed by atoms with Crippen molar-refractivity contribution < 1.29 is 28.4 Å². The Morgan fingerprint density at radius 3 is 0.580 bits per heavy atom. The maximum absolute atomic E-state index is 6.90. The van der Waals surface area contributed by atoms with Crippen molar-refractivity contribution in [1.29, 1.82) is 0 Å². The lowest BCUT2D eigenvalue weighted by atomic mass is 9.89. The van der Waals surface area contributed by atoms with Crippen LogP contribution in [0.5, 0.6) is 34.5 Å². The highest BCUT2D eigenvalue weighted by Crippen LogP contribution is 2.47. The van der Waals surface area contributed by atoms with Gasteiger partial charge in [0.15, 0.2) is 34.5 Å². The predicted molar refractivity (Wildman–Crippen MR) is 377 cm³/mol. The molecule has 0 aliphatic carbocycles. The minimum absolute atomic E-state index is 0.670. The van der Waals surface area contributed by atoms with Crippen molar-refractivity contribution in [2.24, 2.45) is 0 Å². The quantitative estimate of drug-likeness (QED) is 0.0360. The third kappa shape index (κ3) is 11.5. The highest BCUT2D eigenvalue weighted by Gasteiger charge is 2.20. The summed E-state index contributed by atoms with van der Waals surface area (Å²) >= 11 is 0. The number of hydrogen-bond donors (Lipinski definition) is 0. The van der Waals surface area contributed by atoms with Gasteiger partial charge in [-0.25, -0.2) is 0 Å². The molecule has 0 N–H and O–H groups in total. The summed E-state index contributed by atoms with van der Waals surface area (Å²) in [4.78, 5) is 0. The summed E-state index contributed by atoms with van der Waals surface area (Å²) in [5, 5.41) is 27.9. The van der Waals surface area contributed by atoms with Crippen LogP contribution in [0.25, 0.3) is 129 Å². The average Bonchev–Trinajstić information content (AvgIpc) is 0.804. The Bertz CT molecular complexity index is 4430. The summed E-state index contributed by atoms with van der Waals surface area (Å²) in [6, 6.07) is 55.5. The van der Waals surface area contributed by atoms with E-state index in [9.17, 15) is 0 Å². The Morgan fingerprint density at radius 1 is 0.193 bits per heavy atom. The molecule has 13 rings (SSSR count). The van der Waals surface area contributed by atoms with Crippen LogP contribution in [-0.4, -0.2) is 41.7 Å². The first-order chi connectivity index (χ1) is 43.4. The lowest BCUT2D eigenvalue weighted by Crippen LogP contribution is -2.03. The van der Waals surface area contributed by atoms with E-state index in [1.807, 2.05) is 0 Å². The zero-order valence-electron chi connectivity index (χ0n) is 52.9. The Kier molecular flexibility index (Phi) is 17.8. The largest absolute Gasteiger partial charge is 0.493 e. The van der Waals surface area contributed by atoms with E-state index in [-0.39, 0.29) is 0 Å². The number of unbranched alkanes of at least 4 members (excludes halogenated alkanes) is 18. The maximum atomic E-state index is 6.90. The Hall–Kier alpha value is -8.22. The van der Waals surface area contributed by atoms with Crippen LogP contribution in [0.4, 0.5) is 0 Å². The monoisotopic (exact) mass is 1170 g/mol. The van der Waals surface area contributed by atoms with Crippen LogP contribution in [0.1, 0.15) is 142 Å². The predicted octanol–water partition coefficient (Wildman–Crippen LogP) is 24.2. The molecule has 0 saturated heterocycles. The van der Waals surface area contributed by atoms with Crippen LogP contribution in [0, 0.1) is 0 Å². The zero-order chi connectivity index (χ0) is 60.1. The van der Waals surface area contributed by atoms with E-state index in [0.717, 1.165) is 99.7 Å². The molecule has 0 radical (unpaired) electrons. The normalized spacial score (nSPS) is 12.1. The molecule has 88 heavy (non-hydrogen) atoms. The van der Waals surface area contributed by atoms with Gasteiger partial charge in [-0.3, -0.25) is 0 Å². The molecule has 450 valence electrons. The highest BCUT2D eigenvalue weighted by atomic mass is 16.5. The highest BCUT2D eigenvalue weighted by molar-refractivity contribution is 6.31. The summed E-state index contributed by atoms with van der Waals surface area (Å²) in [6.45, 7) is 5.93. The topological polar surface area (TPSA) is 55.4 Å². The lowest BCUT2D eigenvalue weighted by molar-refractivity contribution is 0.259. The Morgan fingerprint density at radius 2 is 0.375 bits per heavy atom. The third-order valence-corrected chi connectivity index (χ3v) is 19.4. The zero-order valence-corrected chi connectivity index (χ0v) is 52.9. The number of fused-ring (bicyclic) bond motifs is 18. The van der Waals surface area contributed by atoms with E-state index in [0.29, 0.717) is 36.2 Å². The summed E-state index contributed by atoms with van der Waals surface area (Å²) in [7, 11) is 6.87. The van der Waals surface area contributed by atoms with E-state index >= 15 is 0 Å². The van der Waals surface area contributed by atoms with Crippen molar-refractivity contribution in [2.45, 2.75) is 142 Å². The molecule has 0 heterocycles. The average molecular weight is 1170 g/mol. The van der Waals surface area contributed by atoms with Crippen molar-refractivity contribution in [3.05, 3.63) is 146 Å². The first-order valence-corrected chi connectivity index (χ1v) is 33.2. The SMILES string of the molecule is CCCCCCCCCCCCOc1cc2c3ccc4cc3c3cc(ccc3c2cc1OCCCCCCCCCCCC)c1ccc2c3cc(OC)c(OC)cc3c3ccc(cc3c2c1)c1ccc2c3cc(OC)c(OC)cc3c3ccc4cc3c2c1. The summed E-state index contributed by atoms with van der Waals surface area (Å²) in [6.07, 6.45) is 25.7. The van der Waals surface area contributed by atoms with Gasteiger partial charge in [0.25, 0.3) is 0 Å². The molecule has 0 fully saturated rings. The van der Waals surface area contributed by atoms with E-state index in [4.69, 9.17) is 28.4 Å². The first kappa shape index (κ1) is 58.8. The van der Waals surface area contributed by atoms with Crippen molar-refractivity contribution in [3.8, 4) is 34.5 Å². The molecular formula is C82H86O6. The van der Waals surface area contributed by atoms with Crippen molar-refractivity contribution in [3.63, 3.8) is 0 Å². The molecule has 0 aliphatic heterocycles. The molecule has 0 aromatic heterocycles. The first-order valence-electron chi connectivity index (χ1n) is 33.2. The van der Waals surface area contributed by atoms with E-state index in [2.05, 4.69) is 159 Å². The summed E-state index contributed by atoms with van der Waals surface area (Å²) < 4.78 is 37.6. The molecule has 0 aliphatic rings. The summed E-state index contributed by atoms with van der Waals surface area (Å²) in [5.41, 5.74) is 0. The van der Waals surface area contributed by atoms with E-state index in [1.165, 1.54) is 169 Å². The number of methoxy groups -OCH3 is 4. The van der Waals surface area contributed by atoms with Crippen molar-refractivity contribution >= 4 is 129 Å². The van der Waals surface area contributed by atoms with Gasteiger partial charge in [-0.05, 0) is 215 Å². The van der Waals surface area contributed by atoms with E-state index < -0.39 is 0 Å². The molecule has 0 saturated carbocycles. The van der Waals surface area contributed by atoms with E-state index in [1.54, 1.807) is 28.4 Å². The molecule has 13 aromatic carbocycles. The van der Waals surface area contributed by atoms with Crippen molar-refractivity contribution in [1.82, 2.24) is 0 Å². The van der Waals surface area contributed by atoms with Gasteiger partial charge in [-0.2, -0.15) is 0 Å². The fourth-order valence-corrected chi connectivity index (χ4v) is 14.5. The van der Waals surface area contributed by atoms with Crippen LogP contribution in [0.2, 0.25) is 0 Å². The number of hydrogen-bond acceptors (Lipinski definition) is 6. The number of benzene rings is 12. The van der Waals surface area contributed by atoms with Gasteiger partial charge >= 0.3 is 0 Å². The van der Waals surface area contributed by atoms with Gasteiger partial charge in [-0.15, -0.1) is 0 Å². The standard InChI is InChI=1S/C82H86O6/c1-7-9-11-13-15-17-19-21-23-25-39-87-81-51-75-63-37-31-57-45-69(63)70-46-58(32-38-64(70)76(75)52-82(81)88-40-26-24-22-20-18-16-14-12-10-8-2)56-30-36-62-68(44-56)66-42-54(28-34-60(66)72-48-78(84-4)80(86-6)50-74(62)72)53-27-33-59-65(41-53)67-43-55(57)29-35-61(67)73-49-79(85-5)77(83-3)47-71(59)73/h27-38,41-52H,7-26,39-40H2,1-6H3. The second-order valence-corrected chi connectivity index (χ2v) is 25.0. The Labute approximate surface area is 519 Å². The summed E-state index contributed by atoms with van der Waals surface area (Å²) in [5.74, 6) is 4.52. The van der Waals surface area contributed by atoms with Crippen LogP contribution < -0.4 is 28.4 Å². The fraction of sp³-hybridized carbons (Fsp3) is 0.341. The minimum atomic E-state index is 0.670.